The molecule has 1 fully saturated rings. The van der Waals surface area contributed by atoms with E-state index in [1.54, 1.807) is 13.2 Å². The molecule has 1 aromatic rings. The lowest BCUT2D eigenvalue weighted by Crippen LogP contribution is -2.41. The summed E-state index contributed by atoms with van der Waals surface area (Å²) in [6, 6.07) is 3.66. The van der Waals surface area contributed by atoms with Crippen molar-refractivity contribution in [2.24, 2.45) is 0 Å². The number of nitrogens with zero attached hydrogens (tertiary/aromatic N) is 1. The van der Waals surface area contributed by atoms with E-state index in [2.05, 4.69) is 38.8 Å². The van der Waals surface area contributed by atoms with Gasteiger partial charge in [0.05, 0.1) is 18.4 Å². The number of hydrogen-bond acceptors (Lipinski definition) is 5. The first-order valence-electron chi connectivity index (χ1n) is 9.61. The molecule has 5 nitrogen and oxygen atoms in total. The van der Waals surface area contributed by atoms with Crippen LogP contribution in [-0.4, -0.2) is 46.3 Å². The van der Waals surface area contributed by atoms with Crippen molar-refractivity contribution in [3.63, 3.8) is 0 Å². The second-order valence-corrected chi connectivity index (χ2v) is 14.0. The third-order valence-corrected chi connectivity index (χ3v) is 10.5. The van der Waals surface area contributed by atoms with Crippen molar-refractivity contribution in [2.45, 2.75) is 70.4 Å². The maximum Gasteiger partial charge on any atom is 0.191 e. The Hall–Kier alpha value is -0.663. The molecule has 1 saturated heterocycles. The van der Waals surface area contributed by atoms with Crippen LogP contribution in [0.4, 0.5) is 0 Å². The number of aromatic nitrogens is 1. The molecule has 0 spiro atoms. The van der Waals surface area contributed by atoms with Gasteiger partial charge in [0.15, 0.2) is 8.32 Å². The molecular formula is C20H34ClNO4Si. The summed E-state index contributed by atoms with van der Waals surface area (Å²) >= 11 is 6.24. The number of hydrogen-bond donors (Lipinski definition) is 0. The van der Waals surface area contributed by atoms with Crippen LogP contribution < -0.4 is 4.74 Å². The quantitative estimate of drug-likeness (QED) is 0.432. The molecule has 0 aliphatic carbocycles. The minimum absolute atomic E-state index is 0.0133. The molecule has 0 amide bonds. The topological polar surface area (TPSA) is 49.8 Å². The highest BCUT2D eigenvalue weighted by Gasteiger charge is 2.39. The zero-order valence-electron chi connectivity index (χ0n) is 17.7. The van der Waals surface area contributed by atoms with Crippen LogP contribution in [0.15, 0.2) is 12.1 Å². The predicted octanol–water partition coefficient (Wildman–Crippen LogP) is 5.18. The van der Waals surface area contributed by atoms with Gasteiger partial charge in [-0.05, 0) is 25.1 Å². The van der Waals surface area contributed by atoms with Crippen molar-refractivity contribution in [1.82, 2.24) is 4.98 Å². The van der Waals surface area contributed by atoms with Crippen LogP contribution in [0, 0.1) is 0 Å². The van der Waals surface area contributed by atoms with Gasteiger partial charge in [0, 0.05) is 45.3 Å². The Bertz CT molecular complexity index is 627. The van der Waals surface area contributed by atoms with Gasteiger partial charge < -0.3 is 18.6 Å². The summed E-state index contributed by atoms with van der Waals surface area (Å²) in [7, 11) is -0.0523. The SMILES string of the molecule is COC1(c2cc(OC(C)CCO[Si](C)(C)C(C)(C)C)cc(Cl)n2)CCOC1. The molecule has 0 radical (unpaired) electrons. The number of ether oxygens (including phenoxy) is 3. The number of methoxy groups -OCH3 is 1. The number of halogens is 1. The van der Waals surface area contributed by atoms with Crippen molar-refractivity contribution in [3.05, 3.63) is 23.0 Å². The Balaban J connectivity index is 1.99. The van der Waals surface area contributed by atoms with Crippen molar-refractivity contribution in [2.75, 3.05) is 26.9 Å². The van der Waals surface area contributed by atoms with E-state index in [1.807, 2.05) is 13.0 Å². The lowest BCUT2D eigenvalue weighted by Gasteiger charge is -2.36. The molecule has 0 saturated carbocycles. The average Bonchev–Trinajstić information content (AvgIpc) is 3.03. The van der Waals surface area contributed by atoms with E-state index in [4.69, 9.17) is 30.2 Å². The van der Waals surface area contributed by atoms with Gasteiger partial charge in [-0.25, -0.2) is 4.98 Å². The molecule has 154 valence electrons. The Morgan fingerprint density at radius 2 is 2.04 bits per heavy atom. The first kappa shape index (κ1) is 22.6. The van der Waals surface area contributed by atoms with Gasteiger partial charge in [-0.2, -0.15) is 0 Å². The Kier molecular flexibility index (Phi) is 7.36. The number of rotatable bonds is 8. The van der Waals surface area contributed by atoms with Crippen LogP contribution in [-0.2, 0) is 19.5 Å². The monoisotopic (exact) mass is 415 g/mol. The summed E-state index contributed by atoms with van der Waals surface area (Å²) in [4.78, 5) is 4.45. The summed E-state index contributed by atoms with van der Waals surface area (Å²) in [6.45, 7) is 15.1. The highest BCUT2D eigenvalue weighted by Crippen LogP contribution is 2.37. The van der Waals surface area contributed by atoms with E-state index in [9.17, 15) is 0 Å². The second kappa shape index (κ2) is 8.78. The smallest absolute Gasteiger partial charge is 0.191 e. The summed E-state index contributed by atoms with van der Waals surface area (Å²) in [6.07, 6.45) is 1.59. The van der Waals surface area contributed by atoms with E-state index in [0.717, 1.165) is 18.5 Å². The fraction of sp³-hybridized carbons (Fsp3) is 0.750. The van der Waals surface area contributed by atoms with E-state index < -0.39 is 13.9 Å². The molecule has 2 unspecified atom stereocenters. The molecule has 0 aromatic carbocycles. The first-order chi connectivity index (χ1) is 12.5. The van der Waals surface area contributed by atoms with E-state index in [-0.39, 0.29) is 11.1 Å². The zero-order valence-corrected chi connectivity index (χ0v) is 19.5. The van der Waals surface area contributed by atoms with Crippen LogP contribution in [0.2, 0.25) is 23.3 Å². The summed E-state index contributed by atoms with van der Waals surface area (Å²) in [5.41, 5.74) is 0.215. The van der Waals surface area contributed by atoms with E-state index in [1.165, 1.54) is 0 Å². The molecule has 1 aliphatic heterocycles. The fourth-order valence-electron chi connectivity index (χ4n) is 2.78. The standard InChI is InChI=1S/C20H34ClNO4Si/c1-15(8-10-25-27(6,7)19(2,3)4)26-16-12-17(22-18(21)13-16)20(23-5)9-11-24-14-20/h12-13,15H,8-11,14H2,1-7H3. The Labute approximate surface area is 169 Å². The zero-order chi connectivity index (χ0) is 20.3. The van der Waals surface area contributed by atoms with Gasteiger partial charge in [0.2, 0.25) is 0 Å². The van der Waals surface area contributed by atoms with Gasteiger partial charge in [-0.3, -0.25) is 0 Å². The first-order valence-corrected chi connectivity index (χ1v) is 12.9. The molecule has 2 heterocycles. The molecule has 1 aliphatic rings. The van der Waals surface area contributed by atoms with Crippen molar-refractivity contribution < 1.29 is 18.6 Å². The third kappa shape index (κ3) is 5.67. The predicted molar refractivity (Wildman–Crippen MR) is 111 cm³/mol. The Morgan fingerprint density at radius 3 is 2.59 bits per heavy atom. The molecule has 7 heteroatoms. The molecule has 2 atom stereocenters. The van der Waals surface area contributed by atoms with Gasteiger partial charge in [0.25, 0.3) is 0 Å². The van der Waals surface area contributed by atoms with Crippen LogP contribution in [0.1, 0.15) is 46.2 Å². The van der Waals surface area contributed by atoms with Crippen LogP contribution in [0.25, 0.3) is 0 Å². The van der Waals surface area contributed by atoms with Crippen LogP contribution >= 0.6 is 11.6 Å². The lowest BCUT2D eigenvalue weighted by molar-refractivity contribution is -0.0248. The van der Waals surface area contributed by atoms with E-state index >= 15 is 0 Å². The molecule has 1 aromatic heterocycles. The average molecular weight is 416 g/mol. The van der Waals surface area contributed by atoms with E-state index in [0.29, 0.717) is 30.7 Å². The van der Waals surface area contributed by atoms with Gasteiger partial charge in [-0.15, -0.1) is 0 Å². The minimum Gasteiger partial charge on any atom is -0.490 e. The van der Waals surface area contributed by atoms with Gasteiger partial charge in [0.1, 0.15) is 16.5 Å². The highest BCUT2D eigenvalue weighted by molar-refractivity contribution is 6.74. The summed E-state index contributed by atoms with van der Waals surface area (Å²) in [5, 5.41) is 0.609. The lowest BCUT2D eigenvalue weighted by atomic mass is 9.98. The number of pyridine rings is 1. The van der Waals surface area contributed by atoms with Crippen LogP contribution in [0.3, 0.4) is 0 Å². The van der Waals surface area contributed by atoms with Gasteiger partial charge >= 0.3 is 0 Å². The fourth-order valence-corrected chi connectivity index (χ4v) is 4.04. The largest absolute Gasteiger partial charge is 0.490 e. The maximum atomic E-state index is 6.25. The molecule has 0 N–H and O–H groups in total. The van der Waals surface area contributed by atoms with Crippen LogP contribution in [0.5, 0.6) is 5.75 Å². The normalized spacial score (nSPS) is 22.1. The summed E-state index contributed by atoms with van der Waals surface area (Å²) < 4.78 is 23.6. The molecule has 27 heavy (non-hydrogen) atoms. The van der Waals surface area contributed by atoms with Crippen molar-refractivity contribution >= 4 is 19.9 Å². The molecular weight excluding hydrogens is 382 g/mol. The second-order valence-electron chi connectivity index (χ2n) is 8.84. The minimum atomic E-state index is -1.73. The Morgan fingerprint density at radius 1 is 1.33 bits per heavy atom. The molecule has 2 rings (SSSR count). The summed E-state index contributed by atoms with van der Waals surface area (Å²) in [5.74, 6) is 0.702. The third-order valence-electron chi connectivity index (χ3n) is 5.74. The van der Waals surface area contributed by atoms with Crippen molar-refractivity contribution in [1.29, 1.82) is 0 Å². The molecule has 0 bridgehead atoms. The highest BCUT2D eigenvalue weighted by atomic mass is 35.5. The maximum absolute atomic E-state index is 6.25. The van der Waals surface area contributed by atoms with Crippen molar-refractivity contribution in [3.8, 4) is 5.75 Å². The van der Waals surface area contributed by atoms with Gasteiger partial charge in [-0.1, -0.05) is 32.4 Å².